The Morgan fingerprint density at radius 1 is 1.10 bits per heavy atom. The molecule has 200 valence electrons. The molecule has 0 saturated carbocycles. The van der Waals surface area contributed by atoms with Crippen LogP contribution in [-0.2, 0) is 11.2 Å². The monoisotopic (exact) mass is 526 g/mol. The van der Waals surface area contributed by atoms with E-state index in [4.69, 9.17) is 4.74 Å². The summed E-state index contributed by atoms with van der Waals surface area (Å²) >= 11 is 0. The lowest BCUT2D eigenvalue weighted by atomic mass is 10.0. The van der Waals surface area contributed by atoms with Gasteiger partial charge in [0, 0.05) is 17.9 Å². The van der Waals surface area contributed by atoms with Gasteiger partial charge in [0.15, 0.2) is 11.6 Å². The van der Waals surface area contributed by atoms with Crippen molar-refractivity contribution in [2.45, 2.75) is 26.3 Å². The van der Waals surface area contributed by atoms with Crippen molar-refractivity contribution in [3.8, 4) is 16.9 Å². The van der Waals surface area contributed by atoms with E-state index in [2.05, 4.69) is 38.8 Å². The van der Waals surface area contributed by atoms with Gasteiger partial charge < -0.3 is 20.1 Å². The number of hydrogen-bond donors (Lipinski definition) is 3. The lowest BCUT2D eigenvalue weighted by Gasteiger charge is -2.34. The van der Waals surface area contributed by atoms with Crippen molar-refractivity contribution in [3.05, 3.63) is 89.9 Å². The summed E-state index contributed by atoms with van der Waals surface area (Å²) in [6.07, 6.45) is 3.70. The molecule has 1 aromatic heterocycles. The van der Waals surface area contributed by atoms with Gasteiger partial charge >= 0.3 is 0 Å². The van der Waals surface area contributed by atoms with Crippen LogP contribution in [0.1, 0.15) is 25.0 Å². The smallest absolute Gasteiger partial charge is 0.245 e. The number of hydrazone groups is 1. The molecule has 3 N–H and O–H groups in total. The van der Waals surface area contributed by atoms with E-state index in [1.807, 2.05) is 60.4 Å². The van der Waals surface area contributed by atoms with Gasteiger partial charge in [-0.15, -0.1) is 0 Å². The fourth-order valence-corrected chi connectivity index (χ4v) is 4.53. The van der Waals surface area contributed by atoms with E-state index in [1.165, 1.54) is 0 Å². The van der Waals surface area contributed by atoms with Gasteiger partial charge in [-0.05, 0) is 72.0 Å². The molecule has 5 rings (SSSR count). The quantitative estimate of drug-likeness (QED) is 0.192. The Hall–Kier alpha value is -4.50. The summed E-state index contributed by atoms with van der Waals surface area (Å²) in [5.41, 5.74) is 8.83. The first-order valence-corrected chi connectivity index (χ1v) is 13.0. The minimum absolute atomic E-state index is 0.0232. The summed E-state index contributed by atoms with van der Waals surface area (Å²) in [7, 11) is 0. The van der Waals surface area contributed by atoms with Crippen LogP contribution in [0, 0.1) is 5.82 Å². The number of ether oxygens (including phenoxy) is 1. The summed E-state index contributed by atoms with van der Waals surface area (Å²) in [6, 6.07) is 21.4. The van der Waals surface area contributed by atoms with Crippen LogP contribution in [-0.4, -0.2) is 47.1 Å². The molecule has 0 bridgehead atoms. The van der Waals surface area contributed by atoms with Crippen molar-refractivity contribution in [3.63, 3.8) is 0 Å². The molecule has 0 amide bonds. The van der Waals surface area contributed by atoms with Crippen molar-refractivity contribution >= 4 is 29.4 Å². The number of rotatable bonds is 8. The molecule has 1 atom stereocenters. The number of anilines is 4. The van der Waals surface area contributed by atoms with Crippen molar-refractivity contribution in [1.29, 1.82) is 0 Å². The molecule has 39 heavy (non-hydrogen) atoms. The molecule has 1 saturated heterocycles. The van der Waals surface area contributed by atoms with Crippen molar-refractivity contribution in [2.75, 3.05) is 35.4 Å². The third-order valence-electron chi connectivity index (χ3n) is 6.61. The molecule has 0 aliphatic carbocycles. The number of phenols is 1. The summed E-state index contributed by atoms with van der Waals surface area (Å²) in [5, 5.41) is 17.5. The van der Waals surface area contributed by atoms with Crippen LogP contribution in [0.4, 0.5) is 27.5 Å². The summed E-state index contributed by atoms with van der Waals surface area (Å²) in [4.78, 5) is 10.3. The Kier molecular flexibility index (Phi) is 7.98. The second-order valence-corrected chi connectivity index (χ2v) is 9.37. The Bertz CT molecular complexity index is 1460. The van der Waals surface area contributed by atoms with Gasteiger partial charge in [-0.1, -0.05) is 37.3 Å². The predicted molar refractivity (Wildman–Crippen MR) is 153 cm³/mol. The fourth-order valence-electron chi connectivity index (χ4n) is 4.53. The lowest BCUT2D eigenvalue weighted by molar-refractivity contribution is 0.0981. The minimum Gasteiger partial charge on any atom is -0.508 e. The van der Waals surface area contributed by atoms with Crippen LogP contribution >= 0.6 is 0 Å². The van der Waals surface area contributed by atoms with Gasteiger partial charge in [0.05, 0.1) is 31.7 Å². The second kappa shape index (κ2) is 11.9. The number of hydrogen-bond acceptors (Lipinski definition) is 8. The first-order chi connectivity index (χ1) is 19.0. The van der Waals surface area contributed by atoms with Gasteiger partial charge in [-0.25, -0.2) is 14.8 Å². The fraction of sp³-hybridized carbons (Fsp3) is 0.233. The van der Waals surface area contributed by atoms with E-state index < -0.39 is 5.82 Å². The number of aromatic nitrogens is 2. The summed E-state index contributed by atoms with van der Waals surface area (Å²) in [5.74, 6) is 0.256. The zero-order chi connectivity index (χ0) is 27.2. The molecule has 1 aliphatic heterocycles. The number of nitrogens with zero attached hydrogens (tertiary/aromatic N) is 4. The maximum absolute atomic E-state index is 14.4. The molecular weight excluding hydrogens is 495 g/mol. The minimum atomic E-state index is -0.469. The highest BCUT2D eigenvalue weighted by Crippen LogP contribution is 2.27. The normalized spacial score (nSPS) is 15.5. The van der Waals surface area contributed by atoms with Crippen LogP contribution in [0.15, 0.2) is 78.0 Å². The van der Waals surface area contributed by atoms with Gasteiger partial charge in [0.25, 0.3) is 0 Å². The number of aromatic hydroxyl groups is 1. The maximum Gasteiger partial charge on any atom is 0.245 e. The third-order valence-corrected chi connectivity index (χ3v) is 6.61. The lowest BCUT2D eigenvalue weighted by Crippen LogP contribution is -2.44. The van der Waals surface area contributed by atoms with Crippen LogP contribution in [0.3, 0.4) is 0 Å². The first kappa shape index (κ1) is 26.1. The largest absolute Gasteiger partial charge is 0.508 e. The molecule has 2 heterocycles. The van der Waals surface area contributed by atoms with Gasteiger partial charge in [-0.3, -0.25) is 0 Å². The van der Waals surface area contributed by atoms with Gasteiger partial charge in [-0.2, -0.15) is 10.1 Å². The molecule has 3 aromatic carbocycles. The van der Waals surface area contributed by atoms with E-state index in [9.17, 15) is 9.50 Å². The SMILES string of the molecule is CCc1cc(Nc2ccc(-c3cccc(O)c3)cc2)ccc1/C=N/Nc1ncc(F)c(N2CCOCC2C)n1. The Morgan fingerprint density at radius 3 is 2.69 bits per heavy atom. The van der Waals surface area contributed by atoms with Crippen LogP contribution in [0.25, 0.3) is 11.1 Å². The Morgan fingerprint density at radius 2 is 1.92 bits per heavy atom. The highest BCUT2D eigenvalue weighted by Gasteiger charge is 2.23. The van der Waals surface area contributed by atoms with E-state index in [0.717, 1.165) is 46.2 Å². The second-order valence-electron chi connectivity index (χ2n) is 9.37. The first-order valence-electron chi connectivity index (χ1n) is 13.0. The van der Waals surface area contributed by atoms with E-state index >= 15 is 0 Å². The Balaban J connectivity index is 1.25. The molecular formula is C30H31FN6O2. The molecule has 0 radical (unpaired) electrons. The molecule has 0 spiro atoms. The van der Waals surface area contributed by atoms with Crippen LogP contribution < -0.4 is 15.6 Å². The zero-order valence-electron chi connectivity index (χ0n) is 21.9. The van der Waals surface area contributed by atoms with E-state index in [0.29, 0.717) is 19.8 Å². The van der Waals surface area contributed by atoms with Crippen LogP contribution in [0.2, 0.25) is 0 Å². The number of phenolic OH excluding ortho intramolecular Hbond substituents is 1. The van der Waals surface area contributed by atoms with E-state index in [1.54, 1.807) is 18.3 Å². The number of halogens is 1. The average Bonchev–Trinajstić information content (AvgIpc) is 2.95. The molecule has 8 nitrogen and oxygen atoms in total. The molecule has 9 heteroatoms. The molecule has 1 unspecified atom stereocenters. The molecule has 1 fully saturated rings. The predicted octanol–water partition coefficient (Wildman–Crippen LogP) is 5.97. The third kappa shape index (κ3) is 6.32. The summed E-state index contributed by atoms with van der Waals surface area (Å²) in [6.45, 7) is 5.69. The maximum atomic E-state index is 14.4. The standard InChI is InChI=1S/C30H31FN6O2/c1-3-21-15-26(34-25-10-7-22(8-11-25)23-5-4-6-27(38)16-23)12-9-24(21)17-33-36-30-32-18-28(31)29(35-30)37-13-14-39-19-20(37)2/h4-12,15-18,20,34,38H,3,13-14,19H2,1-2H3,(H,32,35,36)/b33-17+. The number of benzene rings is 3. The zero-order valence-corrected chi connectivity index (χ0v) is 21.9. The van der Waals surface area contributed by atoms with Crippen molar-refractivity contribution in [2.24, 2.45) is 5.10 Å². The molecule has 4 aromatic rings. The number of morpholine rings is 1. The average molecular weight is 527 g/mol. The highest BCUT2D eigenvalue weighted by molar-refractivity contribution is 5.83. The van der Waals surface area contributed by atoms with Crippen molar-refractivity contribution < 1.29 is 14.2 Å². The van der Waals surface area contributed by atoms with E-state index in [-0.39, 0.29) is 23.6 Å². The van der Waals surface area contributed by atoms with Gasteiger partial charge in [0.1, 0.15) is 5.75 Å². The number of aryl methyl sites for hydroxylation is 1. The number of nitrogens with one attached hydrogen (secondary N) is 2. The Labute approximate surface area is 227 Å². The summed E-state index contributed by atoms with van der Waals surface area (Å²) < 4.78 is 19.9. The van der Waals surface area contributed by atoms with Crippen molar-refractivity contribution in [1.82, 2.24) is 9.97 Å². The topological polar surface area (TPSA) is 94.9 Å². The molecule has 1 aliphatic rings. The highest BCUT2D eigenvalue weighted by atomic mass is 19.1. The van der Waals surface area contributed by atoms with Gasteiger partial charge in [0.2, 0.25) is 5.95 Å². The van der Waals surface area contributed by atoms with Crippen LogP contribution in [0.5, 0.6) is 5.75 Å².